The number of benzene rings is 2. The van der Waals surface area contributed by atoms with Crippen molar-refractivity contribution in [2.24, 2.45) is 0 Å². The first-order chi connectivity index (χ1) is 15.0. The van der Waals surface area contributed by atoms with Crippen molar-refractivity contribution in [3.63, 3.8) is 0 Å². The molecule has 2 aromatic heterocycles. The second kappa shape index (κ2) is 7.17. The third-order valence-electron chi connectivity index (χ3n) is 5.38. The second-order valence-electron chi connectivity index (χ2n) is 7.21. The fraction of sp³-hybridized carbons (Fsp3) is 0.190. The lowest BCUT2D eigenvalue weighted by Gasteiger charge is -2.23. The quantitative estimate of drug-likeness (QED) is 0.380. The third kappa shape index (κ3) is 3.12. The highest BCUT2D eigenvalue weighted by Gasteiger charge is 2.36. The largest absolute Gasteiger partial charge is 0.497 e. The molecule has 0 saturated carbocycles. The van der Waals surface area contributed by atoms with Crippen LogP contribution >= 0.6 is 11.3 Å². The van der Waals surface area contributed by atoms with Gasteiger partial charge < -0.3 is 10.1 Å². The number of nitrogens with zero attached hydrogens (tertiary/aromatic N) is 4. The minimum atomic E-state index is -0.464. The van der Waals surface area contributed by atoms with Crippen LogP contribution in [-0.4, -0.2) is 32.7 Å². The molecule has 0 bridgehead atoms. The number of thiazole rings is 1. The van der Waals surface area contributed by atoms with Crippen molar-refractivity contribution in [2.45, 2.75) is 19.3 Å². The fourth-order valence-electron chi connectivity index (χ4n) is 4.01. The van der Waals surface area contributed by atoms with Gasteiger partial charge in [0.1, 0.15) is 11.6 Å². The lowest BCUT2D eigenvalue weighted by Crippen LogP contribution is -2.25. The first-order valence-corrected chi connectivity index (χ1v) is 10.4. The summed E-state index contributed by atoms with van der Waals surface area (Å²) in [4.78, 5) is 28.4. The molecule has 0 fully saturated rings. The number of methoxy groups -OCH3 is 1. The smallest absolute Gasteiger partial charge is 0.273 e. The monoisotopic (exact) mass is 435 g/mol. The topological polar surface area (TPSA) is 112 Å². The van der Waals surface area contributed by atoms with Gasteiger partial charge in [-0.15, -0.1) is 0 Å². The highest BCUT2D eigenvalue weighted by atomic mass is 32.1. The molecule has 0 aliphatic carbocycles. The van der Waals surface area contributed by atoms with E-state index in [-0.39, 0.29) is 18.0 Å². The van der Waals surface area contributed by atoms with Gasteiger partial charge in [-0.2, -0.15) is 9.78 Å². The summed E-state index contributed by atoms with van der Waals surface area (Å²) >= 11 is 1.42. The number of amides is 1. The molecule has 1 aliphatic heterocycles. The molecule has 156 valence electrons. The van der Waals surface area contributed by atoms with E-state index < -0.39 is 10.8 Å². The Hall–Kier alpha value is -3.79. The lowest BCUT2D eigenvalue weighted by atomic mass is 9.85. The number of fused-ring (bicyclic) bond motifs is 2. The molecule has 0 radical (unpaired) electrons. The molecule has 10 heteroatoms. The number of carbonyl (C=O) groups excluding carboxylic acids is 1. The molecule has 1 amide bonds. The number of nitro groups is 1. The number of carbonyl (C=O) groups is 1. The number of hydrogen-bond donors (Lipinski definition) is 1. The van der Waals surface area contributed by atoms with Crippen LogP contribution in [0.4, 0.5) is 11.5 Å². The first kappa shape index (κ1) is 19.2. The van der Waals surface area contributed by atoms with E-state index in [1.165, 1.54) is 17.4 Å². The Labute approximate surface area is 180 Å². The number of nitrogens with one attached hydrogen (secondary N) is 1. The summed E-state index contributed by atoms with van der Waals surface area (Å²) in [6.45, 7) is 1.84. The second-order valence-corrected chi connectivity index (χ2v) is 8.22. The zero-order valence-corrected chi connectivity index (χ0v) is 17.5. The Balaban J connectivity index is 1.67. The van der Waals surface area contributed by atoms with Gasteiger partial charge in [-0.05, 0) is 25.1 Å². The standard InChI is InChI=1S/C21H17N5O4S/c1-11-19-14(13-5-3-4-6-16(13)26(28)29)10-18(27)23-20(19)25(24-11)21-22-15-8-7-12(30-2)9-17(15)31-21/h3-9,14H,10H2,1-2H3,(H,23,27). The maximum Gasteiger partial charge on any atom is 0.273 e. The third-order valence-corrected chi connectivity index (χ3v) is 6.37. The fourth-order valence-corrected chi connectivity index (χ4v) is 4.96. The molecule has 2 aromatic carbocycles. The van der Waals surface area contributed by atoms with Gasteiger partial charge in [-0.1, -0.05) is 29.5 Å². The van der Waals surface area contributed by atoms with Gasteiger partial charge in [0.25, 0.3) is 5.69 Å². The van der Waals surface area contributed by atoms with Gasteiger partial charge in [0, 0.05) is 29.5 Å². The summed E-state index contributed by atoms with van der Waals surface area (Å²) in [5.41, 5.74) is 2.74. The summed E-state index contributed by atoms with van der Waals surface area (Å²) in [5, 5.41) is 19.7. The highest BCUT2D eigenvalue weighted by molar-refractivity contribution is 7.20. The summed E-state index contributed by atoms with van der Waals surface area (Å²) in [6, 6.07) is 12.1. The SMILES string of the molecule is COc1ccc2nc(-n3nc(C)c4c3NC(=O)CC4c3ccccc3[N+](=O)[O-])sc2c1. The predicted molar refractivity (Wildman–Crippen MR) is 116 cm³/mol. The molecule has 1 unspecified atom stereocenters. The van der Waals surface area contributed by atoms with E-state index in [1.54, 1.807) is 30.0 Å². The molecule has 31 heavy (non-hydrogen) atoms. The molecule has 1 N–H and O–H groups in total. The van der Waals surface area contributed by atoms with Crippen LogP contribution in [0.5, 0.6) is 5.75 Å². The maximum absolute atomic E-state index is 12.6. The van der Waals surface area contributed by atoms with E-state index in [4.69, 9.17) is 4.74 Å². The van der Waals surface area contributed by atoms with Crippen LogP contribution in [0.2, 0.25) is 0 Å². The normalized spacial score (nSPS) is 15.5. The minimum Gasteiger partial charge on any atom is -0.497 e. The molecule has 1 atom stereocenters. The van der Waals surface area contributed by atoms with Gasteiger partial charge >= 0.3 is 0 Å². The van der Waals surface area contributed by atoms with Gasteiger partial charge in [0.05, 0.1) is 27.9 Å². The molecule has 0 spiro atoms. The number of aryl methyl sites for hydroxylation is 1. The van der Waals surface area contributed by atoms with E-state index in [0.717, 1.165) is 21.5 Å². The van der Waals surface area contributed by atoms with Crippen LogP contribution in [0.15, 0.2) is 42.5 Å². The number of hydrogen-bond acceptors (Lipinski definition) is 7. The van der Waals surface area contributed by atoms with Crippen molar-refractivity contribution in [2.75, 3.05) is 12.4 Å². The summed E-state index contributed by atoms with van der Waals surface area (Å²) < 4.78 is 7.82. The minimum absolute atomic E-state index is 0.00705. The summed E-state index contributed by atoms with van der Waals surface area (Å²) in [5.74, 6) is 0.544. The average molecular weight is 435 g/mol. The molecule has 4 aromatic rings. The Bertz CT molecular complexity index is 1360. The van der Waals surface area contributed by atoms with Crippen molar-refractivity contribution in [1.29, 1.82) is 0 Å². The Morgan fingerprint density at radius 2 is 2.10 bits per heavy atom. The van der Waals surface area contributed by atoms with Crippen LogP contribution in [0.1, 0.15) is 29.2 Å². The molecular weight excluding hydrogens is 418 g/mol. The van der Waals surface area contributed by atoms with Crippen LogP contribution in [0, 0.1) is 17.0 Å². The van der Waals surface area contributed by atoms with Crippen molar-refractivity contribution in [3.8, 4) is 10.9 Å². The predicted octanol–water partition coefficient (Wildman–Crippen LogP) is 4.18. The van der Waals surface area contributed by atoms with Gasteiger partial charge in [0.2, 0.25) is 11.0 Å². The molecule has 5 rings (SSSR count). The number of aromatic nitrogens is 3. The number of anilines is 1. The van der Waals surface area contributed by atoms with E-state index in [1.807, 2.05) is 25.1 Å². The zero-order valence-electron chi connectivity index (χ0n) is 16.7. The highest BCUT2D eigenvalue weighted by Crippen LogP contribution is 2.43. The van der Waals surface area contributed by atoms with Crippen LogP contribution in [0.3, 0.4) is 0 Å². The van der Waals surface area contributed by atoms with E-state index in [0.29, 0.717) is 22.2 Å². The zero-order chi connectivity index (χ0) is 21.7. The van der Waals surface area contributed by atoms with Crippen molar-refractivity contribution < 1.29 is 14.5 Å². The molecule has 9 nitrogen and oxygen atoms in total. The van der Waals surface area contributed by atoms with Gasteiger partial charge in [-0.25, -0.2) is 4.98 Å². The Morgan fingerprint density at radius 3 is 2.87 bits per heavy atom. The maximum atomic E-state index is 12.6. The van der Waals surface area contributed by atoms with E-state index in [2.05, 4.69) is 15.4 Å². The number of para-hydroxylation sites is 1. The first-order valence-electron chi connectivity index (χ1n) is 9.54. The average Bonchev–Trinajstić information content (AvgIpc) is 3.33. The number of nitro benzene ring substituents is 1. The molecule has 1 aliphatic rings. The summed E-state index contributed by atoms with van der Waals surface area (Å²) in [6.07, 6.45) is 0.113. The summed E-state index contributed by atoms with van der Waals surface area (Å²) in [7, 11) is 1.61. The molecular formula is C21H17N5O4S. The van der Waals surface area contributed by atoms with E-state index in [9.17, 15) is 14.9 Å². The van der Waals surface area contributed by atoms with Crippen molar-refractivity contribution in [1.82, 2.24) is 14.8 Å². The van der Waals surface area contributed by atoms with Crippen molar-refractivity contribution >= 4 is 39.0 Å². The van der Waals surface area contributed by atoms with Crippen LogP contribution in [0.25, 0.3) is 15.3 Å². The Morgan fingerprint density at radius 1 is 1.29 bits per heavy atom. The van der Waals surface area contributed by atoms with Crippen LogP contribution < -0.4 is 10.1 Å². The number of rotatable bonds is 4. The van der Waals surface area contributed by atoms with Gasteiger partial charge in [0.15, 0.2) is 0 Å². The van der Waals surface area contributed by atoms with E-state index >= 15 is 0 Å². The molecule has 0 saturated heterocycles. The van der Waals surface area contributed by atoms with Crippen LogP contribution in [-0.2, 0) is 4.79 Å². The van der Waals surface area contributed by atoms with Crippen molar-refractivity contribution in [3.05, 3.63) is 69.4 Å². The number of ether oxygens (including phenoxy) is 1. The molecule has 3 heterocycles. The van der Waals surface area contributed by atoms with Gasteiger partial charge in [-0.3, -0.25) is 14.9 Å². The Kier molecular flexibility index (Phi) is 4.44. The lowest BCUT2D eigenvalue weighted by molar-refractivity contribution is -0.385.